The van der Waals surface area contributed by atoms with Crippen molar-refractivity contribution in [2.75, 3.05) is 13.6 Å². The van der Waals surface area contributed by atoms with Gasteiger partial charge in [-0.2, -0.15) is 5.10 Å². The summed E-state index contributed by atoms with van der Waals surface area (Å²) in [6.07, 6.45) is 0. The van der Waals surface area contributed by atoms with Crippen LogP contribution in [0.25, 0.3) is 0 Å². The highest BCUT2D eigenvalue weighted by Gasteiger charge is 2.15. The van der Waals surface area contributed by atoms with Crippen LogP contribution in [0.4, 0.5) is 0 Å². The van der Waals surface area contributed by atoms with Crippen LogP contribution in [0.3, 0.4) is 0 Å². The topological polar surface area (TPSA) is 96.1 Å². The van der Waals surface area contributed by atoms with Crippen LogP contribution in [0.5, 0.6) is 5.75 Å². The van der Waals surface area contributed by atoms with Crippen LogP contribution in [0.1, 0.15) is 23.1 Å². The van der Waals surface area contributed by atoms with Crippen molar-refractivity contribution in [1.82, 2.24) is 20.8 Å². The van der Waals surface area contributed by atoms with E-state index >= 15 is 0 Å². The molecule has 2 amide bonds. The standard InChI is InChI=1S/C16H20N4O3/c1-11(15(21)17-2)9-18-16(22)14-8-12(19-20-14)10-23-13-6-4-3-5-7-13/h3-8,11H,9-10H2,1-2H3,(H,17,21)(H,18,22)(H,19,20). The summed E-state index contributed by atoms with van der Waals surface area (Å²) >= 11 is 0. The molecule has 0 fully saturated rings. The van der Waals surface area contributed by atoms with Crippen LogP contribution in [0.15, 0.2) is 36.4 Å². The summed E-state index contributed by atoms with van der Waals surface area (Å²) in [5.74, 6) is -0.0106. The highest BCUT2D eigenvalue weighted by Crippen LogP contribution is 2.11. The zero-order chi connectivity index (χ0) is 16.7. The van der Waals surface area contributed by atoms with Gasteiger partial charge in [0.25, 0.3) is 5.91 Å². The van der Waals surface area contributed by atoms with Gasteiger partial charge in [0.1, 0.15) is 18.1 Å². The number of hydrogen-bond donors (Lipinski definition) is 3. The summed E-state index contributed by atoms with van der Waals surface area (Å²) in [7, 11) is 1.56. The van der Waals surface area contributed by atoms with Gasteiger partial charge in [-0.1, -0.05) is 25.1 Å². The normalized spacial score (nSPS) is 11.6. The quantitative estimate of drug-likeness (QED) is 0.713. The highest BCUT2D eigenvalue weighted by atomic mass is 16.5. The first-order chi connectivity index (χ1) is 11.1. The maximum Gasteiger partial charge on any atom is 0.271 e. The summed E-state index contributed by atoms with van der Waals surface area (Å²) < 4.78 is 5.57. The van der Waals surface area contributed by atoms with Gasteiger partial charge in [0.05, 0.1) is 11.6 Å². The summed E-state index contributed by atoms with van der Waals surface area (Å²) in [6.45, 7) is 2.28. The van der Waals surface area contributed by atoms with Crippen molar-refractivity contribution in [1.29, 1.82) is 0 Å². The van der Waals surface area contributed by atoms with Gasteiger partial charge >= 0.3 is 0 Å². The molecule has 1 heterocycles. The lowest BCUT2D eigenvalue weighted by molar-refractivity contribution is -0.123. The average molecular weight is 316 g/mol. The molecule has 7 nitrogen and oxygen atoms in total. The van der Waals surface area contributed by atoms with Gasteiger partial charge in [-0.3, -0.25) is 14.7 Å². The summed E-state index contributed by atoms with van der Waals surface area (Å²) in [5.41, 5.74) is 0.958. The fourth-order valence-corrected chi connectivity index (χ4v) is 1.91. The van der Waals surface area contributed by atoms with E-state index in [-0.39, 0.29) is 30.0 Å². The molecule has 0 saturated heterocycles. The van der Waals surface area contributed by atoms with E-state index in [0.29, 0.717) is 12.3 Å². The maximum atomic E-state index is 12.0. The molecule has 0 aliphatic carbocycles. The molecular weight excluding hydrogens is 296 g/mol. The minimum atomic E-state index is -0.331. The van der Waals surface area contributed by atoms with E-state index in [1.807, 2.05) is 30.3 Å². The van der Waals surface area contributed by atoms with Crippen molar-refractivity contribution >= 4 is 11.8 Å². The molecule has 0 aliphatic rings. The number of carbonyl (C=O) groups excluding carboxylic acids is 2. The first-order valence-corrected chi connectivity index (χ1v) is 7.32. The minimum absolute atomic E-state index is 0.121. The number of ether oxygens (including phenoxy) is 1. The van der Waals surface area contributed by atoms with Crippen molar-refractivity contribution in [3.8, 4) is 5.75 Å². The SMILES string of the molecule is CNC(=O)C(C)CNC(=O)c1cc(COc2ccccc2)[nH]n1. The molecule has 0 saturated carbocycles. The predicted octanol–water partition coefficient (Wildman–Crippen LogP) is 1.10. The van der Waals surface area contributed by atoms with Crippen LogP contribution < -0.4 is 15.4 Å². The molecule has 1 aromatic heterocycles. The number of amides is 2. The van der Waals surface area contributed by atoms with Crippen LogP contribution in [-0.2, 0) is 11.4 Å². The predicted molar refractivity (Wildman–Crippen MR) is 84.9 cm³/mol. The first-order valence-electron chi connectivity index (χ1n) is 7.32. The number of aromatic nitrogens is 2. The molecular formula is C16H20N4O3. The summed E-state index contributed by atoms with van der Waals surface area (Å²) in [4.78, 5) is 23.4. The van der Waals surface area contributed by atoms with Crippen molar-refractivity contribution in [3.63, 3.8) is 0 Å². The number of carbonyl (C=O) groups is 2. The van der Waals surface area contributed by atoms with Crippen molar-refractivity contribution in [3.05, 3.63) is 47.8 Å². The Kier molecular flexibility index (Phi) is 5.74. The van der Waals surface area contributed by atoms with E-state index in [1.54, 1.807) is 20.0 Å². The lowest BCUT2D eigenvalue weighted by atomic mass is 10.1. The van der Waals surface area contributed by atoms with Crippen LogP contribution in [-0.4, -0.2) is 35.6 Å². The van der Waals surface area contributed by atoms with Crippen molar-refractivity contribution < 1.29 is 14.3 Å². The van der Waals surface area contributed by atoms with E-state index < -0.39 is 0 Å². The van der Waals surface area contributed by atoms with E-state index in [4.69, 9.17) is 4.74 Å². The van der Waals surface area contributed by atoms with E-state index in [1.165, 1.54) is 0 Å². The van der Waals surface area contributed by atoms with E-state index in [0.717, 1.165) is 5.75 Å². The molecule has 2 aromatic rings. The highest BCUT2D eigenvalue weighted by molar-refractivity contribution is 5.92. The largest absolute Gasteiger partial charge is 0.487 e. The molecule has 122 valence electrons. The Morgan fingerprint density at radius 2 is 2.04 bits per heavy atom. The number of para-hydroxylation sites is 1. The molecule has 1 aromatic carbocycles. The number of aromatic amines is 1. The minimum Gasteiger partial charge on any atom is -0.487 e. The summed E-state index contributed by atoms with van der Waals surface area (Å²) in [6, 6.07) is 11.0. The van der Waals surface area contributed by atoms with E-state index in [9.17, 15) is 9.59 Å². The van der Waals surface area contributed by atoms with Gasteiger partial charge in [0.15, 0.2) is 0 Å². The lowest BCUT2D eigenvalue weighted by Crippen LogP contribution is -2.36. The van der Waals surface area contributed by atoms with E-state index in [2.05, 4.69) is 20.8 Å². The van der Waals surface area contributed by atoms with Crippen LogP contribution >= 0.6 is 0 Å². The zero-order valence-electron chi connectivity index (χ0n) is 13.1. The first kappa shape index (κ1) is 16.5. The molecule has 0 radical (unpaired) electrons. The average Bonchev–Trinajstić information content (AvgIpc) is 3.06. The fourth-order valence-electron chi connectivity index (χ4n) is 1.91. The van der Waals surface area contributed by atoms with Crippen molar-refractivity contribution in [2.45, 2.75) is 13.5 Å². The second-order valence-corrected chi connectivity index (χ2v) is 5.11. The smallest absolute Gasteiger partial charge is 0.271 e. The number of nitrogens with zero attached hydrogens (tertiary/aromatic N) is 1. The molecule has 3 N–H and O–H groups in total. The second kappa shape index (κ2) is 7.98. The molecule has 1 unspecified atom stereocenters. The molecule has 2 rings (SSSR count). The molecule has 0 spiro atoms. The number of benzene rings is 1. The number of nitrogens with one attached hydrogen (secondary N) is 3. The zero-order valence-corrected chi connectivity index (χ0v) is 13.1. The van der Waals surface area contributed by atoms with Gasteiger partial charge in [-0.25, -0.2) is 0 Å². The molecule has 0 aliphatic heterocycles. The third-order valence-electron chi connectivity index (χ3n) is 3.26. The molecule has 0 bridgehead atoms. The summed E-state index contributed by atoms with van der Waals surface area (Å²) in [5, 5.41) is 11.9. The Bertz CT molecular complexity index is 654. The third-order valence-corrected chi connectivity index (χ3v) is 3.26. The van der Waals surface area contributed by atoms with Crippen molar-refractivity contribution in [2.24, 2.45) is 5.92 Å². The third kappa shape index (κ3) is 4.84. The van der Waals surface area contributed by atoms with Gasteiger partial charge in [0.2, 0.25) is 5.91 Å². The Labute approximate surface area is 134 Å². The van der Waals surface area contributed by atoms with Crippen LogP contribution in [0.2, 0.25) is 0 Å². The fraction of sp³-hybridized carbons (Fsp3) is 0.312. The lowest BCUT2D eigenvalue weighted by Gasteiger charge is -2.09. The van der Waals surface area contributed by atoms with Gasteiger partial charge < -0.3 is 15.4 Å². The number of hydrogen-bond acceptors (Lipinski definition) is 4. The van der Waals surface area contributed by atoms with Gasteiger partial charge in [-0.15, -0.1) is 0 Å². The Morgan fingerprint density at radius 3 is 2.74 bits per heavy atom. The van der Waals surface area contributed by atoms with Crippen LogP contribution in [0, 0.1) is 5.92 Å². The number of rotatable bonds is 7. The maximum absolute atomic E-state index is 12.0. The molecule has 1 atom stereocenters. The Morgan fingerprint density at radius 1 is 1.30 bits per heavy atom. The Hall–Kier alpha value is -2.83. The monoisotopic (exact) mass is 316 g/mol. The Balaban J connectivity index is 1.83. The molecule has 23 heavy (non-hydrogen) atoms. The molecule has 7 heteroatoms. The number of H-pyrrole nitrogens is 1. The van der Waals surface area contributed by atoms with Gasteiger partial charge in [0, 0.05) is 13.6 Å². The van der Waals surface area contributed by atoms with Gasteiger partial charge in [-0.05, 0) is 18.2 Å². The second-order valence-electron chi connectivity index (χ2n) is 5.11.